The molecule has 5 N–H and O–H groups in total. The van der Waals surface area contributed by atoms with Crippen molar-refractivity contribution >= 4 is 33.5 Å². The summed E-state index contributed by atoms with van der Waals surface area (Å²) in [6, 6.07) is 11.1. The van der Waals surface area contributed by atoms with Gasteiger partial charge in [-0.15, -0.1) is 5.10 Å². The van der Waals surface area contributed by atoms with Gasteiger partial charge in [0.25, 0.3) is 5.91 Å². The third-order valence-corrected chi connectivity index (χ3v) is 5.17. The molecule has 0 saturated carbocycles. The Morgan fingerprint density at radius 2 is 2.09 bits per heavy atom. The molecule has 0 aliphatic rings. The van der Waals surface area contributed by atoms with Gasteiger partial charge < -0.3 is 15.6 Å². The lowest BCUT2D eigenvalue weighted by Crippen LogP contribution is -2.23. The highest BCUT2D eigenvalue weighted by Gasteiger charge is 2.16. The predicted molar refractivity (Wildman–Crippen MR) is 124 cm³/mol. The van der Waals surface area contributed by atoms with Crippen LogP contribution in [0.15, 0.2) is 62.9 Å². The Bertz CT molecular complexity index is 1230. The van der Waals surface area contributed by atoms with Crippen molar-refractivity contribution < 1.29 is 14.6 Å². The van der Waals surface area contributed by atoms with E-state index in [-0.39, 0.29) is 24.0 Å². The molecule has 13 nitrogen and oxygen atoms in total. The van der Waals surface area contributed by atoms with Crippen LogP contribution in [-0.2, 0) is 19.6 Å². The summed E-state index contributed by atoms with van der Waals surface area (Å²) in [5.74, 6) is 0.213. The first-order valence-electron chi connectivity index (χ1n) is 10.2. The Labute approximate surface area is 201 Å². The highest BCUT2D eigenvalue weighted by Crippen LogP contribution is 2.13. The minimum atomic E-state index is -0.220. The summed E-state index contributed by atoms with van der Waals surface area (Å²) >= 11 is 3.39. The molecule has 0 saturated heterocycles. The Morgan fingerprint density at radius 1 is 1.24 bits per heavy atom. The quantitative estimate of drug-likeness (QED) is 0.117. The zero-order valence-electron chi connectivity index (χ0n) is 17.8. The minimum Gasteiger partial charge on any atom is -0.363 e. The van der Waals surface area contributed by atoms with Crippen LogP contribution in [0.2, 0.25) is 0 Å². The second-order valence-corrected chi connectivity index (χ2v) is 7.95. The molecule has 0 bridgehead atoms. The number of nitrogens with zero attached hydrogens (tertiary/aromatic N) is 6. The monoisotopic (exact) mass is 528 g/mol. The third kappa shape index (κ3) is 6.05. The SMILES string of the molecule is O=C(NCc1cn(CCNc2nonc2C(=NCc2ccc(Br)cc2)NO)nn1)c1ccc[nH]1. The molecule has 3 heterocycles. The van der Waals surface area contributed by atoms with Crippen LogP contribution in [0.1, 0.15) is 27.4 Å². The molecular weight excluding hydrogens is 508 g/mol. The number of hydroxylamine groups is 1. The maximum Gasteiger partial charge on any atom is 0.268 e. The Morgan fingerprint density at radius 3 is 2.85 bits per heavy atom. The van der Waals surface area contributed by atoms with Crippen molar-refractivity contribution in [1.29, 1.82) is 0 Å². The average Bonchev–Trinajstić information content (AvgIpc) is 3.62. The van der Waals surface area contributed by atoms with Gasteiger partial charge in [-0.3, -0.25) is 25.2 Å². The minimum absolute atomic E-state index is 0.118. The van der Waals surface area contributed by atoms with Crippen LogP contribution in [0.3, 0.4) is 0 Å². The van der Waals surface area contributed by atoms with Crippen LogP contribution in [-0.4, -0.2) is 53.8 Å². The van der Waals surface area contributed by atoms with E-state index in [2.05, 4.69) is 57.2 Å². The molecule has 0 spiro atoms. The van der Waals surface area contributed by atoms with Crippen molar-refractivity contribution in [3.63, 3.8) is 0 Å². The molecule has 34 heavy (non-hydrogen) atoms. The largest absolute Gasteiger partial charge is 0.363 e. The summed E-state index contributed by atoms with van der Waals surface area (Å²) in [6.07, 6.45) is 3.42. The second-order valence-electron chi connectivity index (χ2n) is 7.03. The molecular formula is C20H21BrN10O3. The fourth-order valence-electron chi connectivity index (χ4n) is 2.94. The fraction of sp³-hybridized carbons (Fsp3) is 0.200. The van der Waals surface area contributed by atoms with E-state index in [9.17, 15) is 10.0 Å². The van der Waals surface area contributed by atoms with Crippen molar-refractivity contribution in [2.45, 2.75) is 19.6 Å². The molecule has 1 aromatic carbocycles. The number of carbonyl (C=O) groups excluding carboxylic acids is 1. The number of halogens is 1. The van der Waals surface area contributed by atoms with Gasteiger partial charge in [-0.1, -0.05) is 33.3 Å². The number of anilines is 1. The first-order valence-corrected chi connectivity index (χ1v) is 11.0. The highest BCUT2D eigenvalue weighted by molar-refractivity contribution is 9.10. The molecule has 0 radical (unpaired) electrons. The van der Waals surface area contributed by atoms with E-state index in [1.165, 1.54) is 0 Å². The number of nitrogens with one attached hydrogen (secondary N) is 4. The molecule has 14 heteroatoms. The lowest BCUT2D eigenvalue weighted by atomic mass is 10.2. The normalized spacial score (nSPS) is 11.4. The standard InChI is InChI=1S/C20H21BrN10O3/c21-14-5-3-13(4-6-14)10-24-18(27-33)17-19(29-34-28-17)23-8-9-31-12-15(26-30-31)11-25-20(32)16-2-1-7-22-16/h1-7,12,22,33H,8-11H2,(H,23,29)(H,24,27)(H,25,32). The number of H-pyrrole nitrogens is 1. The highest BCUT2D eigenvalue weighted by atomic mass is 79.9. The van der Waals surface area contributed by atoms with E-state index in [1.54, 1.807) is 29.2 Å². The van der Waals surface area contributed by atoms with Crippen LogP contribution in [0.5, 0.6) is 0 Å². The van der Waals surface area contributed by atoms with Crippen LogP contribution in [0, 0.1) is 0 Å². The number of amides is 1. The number of amidine groups is 1. The Balaban J connectivity index is 1.28. The van der Waals surface area contributed by atoms with E-state index in [0.717, 1.165) is 10.0 Å². The van der Waals surface area contributed by atoms with Crippen molar-refractivity contribution in [3.05, 3.63) is 75.9 Å². The molecule has 176 valence electrons. The second kappa shape index (κ2) is 11.2. The van der Waals surface area contributed by atoms with E-state index in [0.29, 0.717) is 36.8 Å². The van der Waals surface area contributed by atoms with Crippen LogP contribution < -0.4 is 16.1 Å². The van der Waals surface area contributed by atoms with Crippen molar-refractivity contribution in [2.75, 3.05) is 11.9 Å². The Kier molecular flexibility index (Phi) is 7.62. The van der Waals surface area contributed by atoms with Crippen molar-refractivity contribution in [1.82, 2.24) is 41.1 Å². The first-order chi connectivity index (χ1) is 16.6. The summed E-state index contributed by atoms with van der Waals surface area (Å²) in [6.45, 7) is 1.46. The van der Waals surface area contributed by atoms with Gasteiger partial charge in [0.15, 0.2) is 11.5 Å². The average molecular weight is 529 g/mol. The van der Waals surface area contributed by atoms with E-state index >= 15 is 0 Å². The van der Waals surface area contributed by atoms with Crippen LogP contribution in [0.25, 0.3) is 0 Å². The summed E-state index contributed by atoms with van der Waals surface area (Å²) in [5.41, 5.74) is 4.34. The van der Waals surface area contributed by atoms with E-state index < -0.39 is 0 Å². The van der Waals surface area contributed by atoms with Gasteiger partial charge in [0.1, 0.15) is 11.4 Å². The summed E-state index contributed by atoms with van der Waals surface area (Å²) < 4.78 is 7.40. The number of rotatable bonds is 10. The van der Waals surface area contributed by atoms with Gasteiger partial charge in [0, 0.05) is 17.2 Å². The fourth-order valence-corrected chi connectivity index (χ4v) is 3.20. The van der Waals surface area contributed by atoms with Gasteiger partial charge in [-0.05, 0) is 40.1 Å². The molecule has 4 rings (SSSR count). The smallest absolute Gasteiger partial charge is 0.268 e. The van der Waals surface area contributed by atoms with E-state index in [4.69, 9.17) is 4.63 Å². The first kappa shape index (κ1) is 23.1. The molecule has 0 aliphatic heterocycles. The molecule has 0 aliphatic carbocycles. The maximum atomic E-state index is 12.0. The van der Waals surface area contributed by atoms with Gasteiger partial charge in [0.2, 0.25) is 5.82 Å². The van der Waals surface area contributed by atoms with Crippen molar-refractivity contribution in [2.24, 2.45) is 4.99 Å². The van der Waals surface area contributed by atoms with Gasteiger partial charge >= 0.3 is 0 Å². The predicted octanol–water partition coefficient (Wildman–Crippen LogP) is 1.72. The molecule has 0 fully saturated rings. The number of aromatic amines is 1. The molecule has 0 unspecified atom stereocenters. The Hall–Kier alpha value is -4.04. The van der Waals surface area contributed by atoms with Crippen LogP contribution >= 0.6 is 15.9 Å². The number of aliphatic imine (C=N–C) groups is 1. The number of hydrogen-bond acceptors (Lipinski definition) is 9. The lowest BCUT2D eigenvalue weighted by Gasteiger charge is -2.06. The molecule has 3 aromatic heterocycles. The molecule has 1 amide bonds. The van der Waals surface area contributed by atoms with Gasteiger partial charge in [-0.2, -0.15) is 0 Å². The summed E-state index contributed by atoms with van der Waals surface area (Å²) in [5, 5.41) is 31.1. The number of benzene rings is 1. The van der Waals surface area contributed by atoms with E-state index in [1.807, 2.05) is 29.7 Å². The number of aromatic nitrogens is 6. The maximum absolute atomic E-state index is 12.0. The number of carbonyl (C=O) groups is 1. The molecule has 4 aromatic rings. The summed E-state index contributed by atoms with van der Waals surface area (Å²) in [4.78, 5) is 19.2. The molecule has 0 atom stereocenters. The van der Waals surface area contributed by atoms with Crippen LogP contribution in [0.4, 0.5) is 5.82 Å². The zero-order chi connectivity index (χ0) is 23.8. The van der Waals surface area contributed by atoms with Crippen molar-refractivity contribution in [3.8, 4) is 0 Å². The van der Waals surface area contributed by atoms with Gasteiger partial charge in [-0.25, -0.2) is 4.63 Å². The topological polar surface area (TPSA) is 171 Å². The van der Waals surface area contributed by atoms with Gasteiger partial charge in [0.05, 0.1) is 25.8 Å². The third-order valence-electron chi connectivity index (χ3n) is 4.64. The summed E-state index contributed by atoms with van der Waals surface area (Å²) in [7, 11) is 0. The lowest BCUT2D eigenvalue weighted by molar-refractivity contribution is 0.0946. The number of hydrogen-bond donors (Lipinski definition) is 5. The zero-order valence-corrected chi connectivity index (χ0v) is 19.4.